The number of para-hydroxylation sites is 1. The van der Waals surface area contributed by atoms with Gasteiger partial charge in [-0.15, -0.1) is 0 Å². The van der Waals surface area contributed by atoms with E-state index in [1.807, 2.05) is 12.3 Å². The van der Waals surface area contributed by atoms with Gasteiger partial charge in [0.1, 0.15) is 0 Å². The van der Waals surface area contributed by atoms with Gasteiger partial charge in [-0.3, -0.25) is 9.88 Å². The van der Waals surface area contributed by atoms with Crippen LogP contribution >= 0.6 is 0 Å². The van der Waals surface area contributed by atoms with Gasteiger partial charge in [-0.2, -0.15) is 0 Å². The molecular formula is C17H19N3O. The summed E-state index contributed by atoms with van der Waals surface area (Å²) in [4.78, 5) is 7.00. The molecule has 3 heterocycles. The van der Waals surface area contributed by atoms with E-state index in [1.54, 1.807) is 0 Å². The monoisotopic (exact) mass is 281 g/mol. The number of hydrogen-bond donors (Lipinski definition) is 0. The largest absolute Gasteiger partial charge is 0.379 e. The minimum atomic E-state index is 0.863. The summed E-state index contributed by atoms with van der Waals surface area (Å²) in [6.45, 7) is 5.92. The van der Waals surface area contributed by atoms with Gasteiger partial charge in [0.25, 0.3) is 0 Å². The number of benzene rings is 1. The summed E-state index contributed by atoms with van der Waals surface area (Å²) in [5, 5.41) is 3.75. The fraction of sp³-hybridized carbons (Fsp3) is 0.353. The summed E-state index contributed by atoms with van der Waals surface area (Å²) in [5.74, 6) is 0. The van der Waals surface area contributed by atoms with Gasteiger partial charge in [0.05, 0.1) is 18.7 Å². The molecule has 1 saturated heterocycles. The molecule has 0 bridgehead atoms. The fourth-order valence-electron chi connectivity index (χ4n) is 3.02. The quantitative estimate of drug-likeness (QED) is 0.739. The Bertz CT molecular complexity index is 759. The molecule has 108 valence electrons. The first-order valence-corrected chi connectivity index (χ1v) is 7.53. The maximum atomic E-state index is 5.39. The number of pyridine rings is 1. The Labute approximate surface area is 123 Å². The average molecular weight is 281 g/mol. The topological polar surface area (TPSA) is 30.3 Å². The molecule has 2 aromatic heterocycles. The van der Waals surface area contributed by atoms with Crippen LogP contribution in [0.5, 0.6) is 0 Å². The van der Waals surface area contributed by atoms with Crippen LogP contribution in [0.3, 0.4) is 0 Å². The van der Waals surface area contributed by atoms with Crippen LogP contribution in [0.15, 0.2) is 42.9 Å². The normalized spacial score (nSPS) is 16.8. The number of rotatable bonds is 3. The molecule has 0 amide bonds. The van der Waals surface area contributed by atoms with E-state index in [4.69, 9.17) is 4.74 Å². The van der Waals surface area contributed by atoms with Crippen LogP contribution in [0.1, 0.15) is 0 Å². The van der Waals surface area contributed by atoms with Crippen molar-refractivity contribution < 1.29 is 4.74 Å². The van der Waals surface area contributed by atoms with Crippen molar-refractivity contribution >= 4 is 21.7 Å². The van der Waals surface area contributed by atoms with Gasteiger partial charge in [-0.25, -0.2) is 0 Å². The molecule has 4 heteroatoms. The summed E-state index contributed by atoms with van der Waals surface area (Å²) in [6.07, 6.45) is 6.43. The highest BCUT2D eigenvalue weighted by atomic mass is 16.5. The molecule has 4 nitrogen and oxygen atoms in total. The molecule has 1 aliphatic heterocycles. The van der Waals surface area contributed by atoms with E-state index >= 15 is 0 Å². The van der Waals surface area contributed by atoms with Gasteiger partial charge in [-0.1, -0.05) is 18.2 Å². The molecular weight excluding hydrogens is 262 g/mol. The van der Waals surface area contributed by atoms with Gasteiger partial charge >= 0.3 is 0 Å². The Morgan fingerprint density at radius 3 is 2.76 bits per heavy atom. The van der Waals surface area contributed by atoms with Crippen molar-refractivity contribution in [2.45, 2.75) is 6.54 Å². The molecule has 0 spiro atoms. The van der Waals surface area contributed by atoms with E-state index in [0.29, 0.717) is 0 Å². The Morgan fingerprint density at radius 2 is 1.86 bits per heavy atom. The standard InChI is InChI=1S/C17H19N3O/c1-2-4-17-15(3-1)16-13-20(12-14(16)11-18-17)6-5-19-7-9-21-10-8-19/h1-4,11-13H,5-10H2. The molecule has 0 radical (unpaired) electrons. The van der Waals surface area contributed by atoms with Crippen molar-refractivity contribution in [1.29, 1.82) is 0 Å². The summed E-state index contributed by atoms with van der Waals surface area (Å²) in [7, 11) is 0. The lowest BCUT2D eigenvalue weighted by molar-refractivity contribution is 0.0364. The number of nitrogens with zero attached hydrogens (tertiary/aromatic N) is 3. The third kappa shape index (κ3) is 2.52. The molecule has 4 rings (SSSR count). The third-order valence-corrected chi connectivity index (χ3v) is 4.23. The first kappa shape index (κ1) is 12.8. The van der Waals surface area contributed by atoms with Crippen LogP contribution in [-0.2, 0) is 11.3 Å². The molecule has 1 aromatic carbocycles. The first-order valence-electron chi connectivity index (χ1n) is 7.53. The van der Waals surface area contributed by atoms with E-state index < -0.39 is 0 Å². The fourth-order valence-corrected chi connectivity index (χ4v) is 3.02. The first-order chi connectivity index (χ1) is 10.4. The predicted molar refractivity (Wildman–Crippen MR) is 84.5 cm³/mol. The van der Waals surface area contributed by atoms with Crippen LogP contribution in [-0.4, -0.2) is 47.3 Å². The van der Waals surface area contributed by atoms with Crippen LogP contribution in [0.4, 0.5) is 0 Å². The second-order valence-electron chi connectivity index (χ2n) is 5.59. The van der Waals surface area contributed by atoms with Gasteiger partial charge in [-0.05, 0) is 6.07 Å². The van der Waals surface area contributed by atoms with E-state index in [-0.39, 0.29) is 0 Å². The number of ether oxygens (including phenoxy) is 1. The molecule has 3 aromatic rings. The minimum Gasteiger partial charge on any atom is -0.379 e. The highest BCUT2D eigenvalue weighted by Crippen LogP contribution is 2.24. The van der Waals surface area contributed by atoms with Crippen LogP contribution in [0.25, 0.3) is 21.7 Å². The molecule has 1 aliphatic rings. The van der Waals surface area contributed by atoms with Crippen LogP contribution in [0, 0.1) is 0 Å². The molecule has 0 aliphatic carbocycles. The van der Waals surface area contributed by atoms with E-state index in [9.17, 15) is 0 Å². The molecule has 21 heavy (non-hydrogen) atoms. The van der Waals surface area contributed by atoms with Gasteiger partial charge in [0.2, 0.25) is 0 Å². The summed E-state index contributed by atoms with van der Waals surface area (Å²) in [5.41, 5.74) is 1.07. The summed E-state index contributed by atoms with van der Waals surface area (Å²) >= 11 is 0. The average Bonchev–Trinajstić information content (AvgIpc) is 2.97. The smallest absolute Gasteiger partial charge is 0.0709 e. The lowest BCUT2D eigenvalue weighted by atomic mass is 10.1. The zero-order valence-electron chi connectivity index (χ0n) is 12.0. The molecule has 0 unspecified atom stereocenters. The second-order valence-corrected chi connectivity index (χ2v) is 5.59. The number of morpholine rings is 1. The maximum absolute atomic E-state index is 5.39. The highest BCUT2D eigenvalue weighted by Gasteiger charge is 2.10. The second kappa shape index (κ2) is 5.47. The van der Waals surface area contributed by atoms with E-state index in [2.05, 4.69) is 45.0 Å². The molecule has 0 N–H and O–H groups in total. The van der Waals surface area contributed by atoms with Crippen LogP contribution in [0.2, 0.25) is 0 Å². The SMILES string of the molecule is c1ccc2c(c1)ncc1cn(CCN3CCOCC3)cc12. The van der Waals surface area contributed by atoms with Gasteiger partial charge in [0, 0.05) is 60.9 Å². The Morgan fingerprint density at radius 1 is 1.00 bits per heavy atom. The van der Waals surface area contributed by atoms with Crippen molar-refractivity contribution in [3.05, 3.63) is 42.9 Å². The summed E-state index contributed by atoms with van der Waals surface area (Å²) < 4.78 is 7.68. The van der Waals surface area contributed by atoms with Gasteiger partial charge < -0.3 is 9.30 Å². The zero-order valence-corrected chi connectivity index (χ0v) is 12.0. The lowest BCUT2D eigenvalue weighted by Gasteiger charge is -2.26. The molecule has 1 fully saturated rings. The number of hydrogen-bond acceptors (Lipinski definition) is 3. The van der Waals surface area contributed by atoms with Crippen molar-refractivity contribution in [3.8, 4) is 0 Å². The molecule has 0 saturated carbocycles. The Hall–Kier alpha value is -1.91. The lowest BCUT2D eigenvalue weighted by Crippen LogP contribution is -2.38. The van der Waals surface area contributed by atoms with Crippen molar-refractivity contribution in [2.24, 2.45) is 0 Å². The Kier molecular flexibility index (Phi) is 3.33. The zero-order chi connectivity index (χ0) is 14.1. The van der Waals surface area contributed by atoms with Crippen molar-refractivity contribution in [2.75, 3.05) is 32.8 Å². The van der Waals surface area contributed by atoms with E-state index in [0.717, 1.165) is 44.9 Å². The Balaban J connectivity index is 1.59. The maximum Gasteiger partial charge on any atom is 0.0709 e. The predicted octanol–water partition coefficient (Wildman–Crippen LogP) is 2.52. The third-order valence-electron chi connectivity index (χ3n) is 4.23. The molecule has 0 atom stereocenters. The minimum absolute atomic E-state index is 0.863. The van der Waals surface area contributed by atoms with Crippen LogP contribution < -0.4 is 0 Å². The highest BCUT2D eigenvalue weighted by molar-refractivity contribution is 6.05. The number of aromatic nitrogens is 2. The van der Waals surface area contributed by atoms with Crippen molar-refractivity contribution in [3.63, 3.8) is 0 Å². The van der Waals surface area contributed by atoms with Crippen molar-refractivity contribution in [1.82, 2.24) is 14.5 Å². The summed E-state index contributed by atoms with van der Waals surface area (Å²) in [6, 6.07) is 8.34. The number of fused-ring (bicyclic) bond motifs is 3. The van der Waals surface area contributed by atoms with E-state index in [1.165, 1.54) is 16.2 Å². The van der Waals surface area contributed by atoms with Gasteiger partial charge in [0.15, 0.2) is 0 Å².